The Kier molecular flexibility index (Phi) is 3.23. The van der Waals surface area contributed by atoms with E-state index in [2.05, 4.69) is 4.99 Å². The third-order valence-electron chi connectivity index (χ3n) is 3.51. The van der Waals surface area contributed by atoms with Crippen LogP contribution in [0.3, 0.4) is 0 Å². The van der Waals surface area contributed by atoms with Crippen LogP contribution in [0.25, 0.3) is 17.0 Å². The van der Waals surface area contributed by atoms with Gasteiger partial charge in [-0.15, -0.1) is 0 Å². The second-order valence-corrected chi connectivity index (χ2v) is 5.15. The molecule has 0 saturated heterocycles. The molecule has 0 fully saturated rings. The van der Waals surface area contributed by atoms with Crippen LogP contribution in [0.15, 0.2) is 63.6 Å². The molecular weight excluding hydrogens is 316 g/mol. The van der Waals surface area contributed by atoms with Gasteiger partial charge < -0.3 is 9.15 Å². The Hall–Kier alpha value is -3.28. The van der Waals surface area contributed by atoms with Gasteiger partial charge in [0.05, 0.1) is 0 Å². The number of hydrogen-bond acceptors (Lipinski definition) is 4. The molecule has 0 radical (unpaired) electrons. The van der Waals surface area contributed by atoms with E-state index < -0.39 is 17.6 Å². The van der Waals surface area contributed by atoms with E-state index in [1.807, 2.05) is 18.2 Å². The van der Waals surface area contributed by atoms with E-state index >= 15 is 0 Å². The summed E-state index contributed by atoms with van der Waals surface area (Å²) >= 11 is 0. The Morgan fingerprint density at radius 1 is 1.00 bits per heavy atom. The first kappa shape index (κ1) is 14.3. The van der Waals surface area contributed by atoms with E-state index in [0.29, 0.717) is 11.3 Å². The van der Waals surface area contributed by atoms with Crippen molar-refractivity contribution in [1.29, 1.82) is 0 Å². The minimum absolute atomic E-state index is 0.0220. The minimum atomic E-state index is -1.04. The molecule has 1 aliphatic rings. The number of aliphatic imine (C=N–C) groups is 1. The molecule has 6 heteroatoms. The van der Waals surface area contributed by atoms with Gasteiger partial charge in [-0.05, 0) is 30.3 Å². The monoisotopic (exact) mass is 325 g/mol. The number of esters is 1. The first-order valence-corrected chi connectivity index (χ1v) is 7.07. The number of benzene rings is 2. The molecule has 4 rings (SSSR count). The molecule has 0 unspecified atom stereocenters. The second-order valence-electron chi connectivity index (χ2n) is 5.15. The van der Waals surface area contributed by atoms with Crippen molar-refractivity contribution in [1.82, 2.24) is 0 Å². The lowest BCUT2D eigenvalue weighted by Crippen LogP contribution is -2.06. The molecule has 3 aromatic rings. The zero-order valence-corrected chi connectivity index (χ0v) is 12.1. The largest absolute Gasteiger partial charge is 0.457 e. The average Bonchev–Trinajstić information content (AvgIpc) is 3.13. The third-order valence-corrected chi connectivity index (χ3v) is 3.51. The van der Waals surface area contributed by atoms with Crippen molar-refractivity contribution in [2.75, 3.05) is 0 Å². The number of carbonyl (C=O) groups is 1. The fourth-order valence-corrected chi connectivity index (χ4v) is 2.37. The lowest BCUT2D eigenvalue weighted by molar-refractivity contribution is -0.129. The van der Waals surface area contributed by atoms with Gasteiger partial charge in [0.15, 0.2) is 17.3 Å². The molecule has 1 aromatic heterocycles. The Bertz CT molecular complexity index is 1000. The summed E-state index contributed by atoms with van der Waals surface area (Å²) in [5.41, 5.74) is 0.879. The Labute approximate surface area is 134 Å². The number of ether oxygens (including phenoxy) is 1. The van der Waals surface area contributed by atoms with E-state index in [1.54, 1.807) is 12.1 Å². The van der Waals surface area contributed by atoms with Gasteiger partial charge in [-0.3, -0.25) is 0 Å². The Balaban J connectivity index is 1.71. The van der Waals surface area contributed by atoms with Crippen LogP contribution < -0.4 is 0 Å². The predicted octanol–water partition coefficient (Wildman–Crippen LogP) is 4.06. The zero-order valence-electron chi connectivity index (χ0n) is 12.1. The Morgan fingerprint density at radius 3 is 2.62 bits per heavy atom. The molecule has 1 aliphatic heterocycles. The van der Waals surface area contributed by atoms with Crippen LogP contribution in [0.5, 0.6) is 0 Å². The lowest BCUT2D eigenvalue weighted by atomic mass is 10.2. The summed E-state index contributed by atoms with van der Waals surface area (Å²) in [7, 11) is 0. The molecule has 0 saturated carbocycles. The molecule has 4 nitrogen and oxygen atoms in total. The van der Waals surface area contributed by atoms with Crippen LogP contribution in [0.1, 0.15) is 11.3 Å². The second kappa shape index (κ2) is 5.42. The number of nitrogens with zero attached hydrogens (tertiary/aromatic N) is 1. The maximum absolute atomic E-state index is 13.3. The smallest absolute Gasteiger partial charge is 0.363 e. The van der Waals surface area contributed by atoms with E-state index in [4.69, 9.17) is 9.15 Å². The highest BCUT2D eigenvalue weighted by molar-refractivity contribution is 6.12. The molecule has 0 N–H and O–H groups in total. The van der Waals surface area contributed by atoms with Crippen LogP contribution in [0.4, 0.5) is 8.78 Å². The molecule has 0 atom stereocenters. The number of halogens is 2. The summed E-state index contributed by atoms with van der Waals surface area (Å²) in [5.74, 6) is -2.35. The number of cyclic esters (lactones) is 1. The van der Waals surface area contributed by atoms with Crippen molar-refractivity contribution in [3.63, 3.8) is 0 Å². The molecule has 0 aliphatic carbocycles. The van der Waals surface area contributed by atoms with Crippen molar-refractivity contribution in [3.8, 4) is 0 Å². The summed E-state index contributed by atoms with van der Waals surface area (Å²) < 4.78 is 36.9. The van der Waals surface area contributed by atoms with E-state index in [-0.39, 0.29) is 17.2 Å². The maximum atomic E-state index is 13.3. The number of hydrogen-bond donors (Lipinski definition) is 0. The van der Waals surface area contributed by atoms with Gasteiger partial charge in [0.1, 0.15) is 11.3 Å². The van der Waals surface area contributed by atoms with Crippen molar-refractivity contribution >= 4 is 28.9 Å². The van der Waals surface area contributed by atoms with Gasteiger partial charge in [0, 0.05) is 17.0 Å². The van der Waals surface area contributed by atoms with Gasteiger partial charge in [0.25, 0.3) is 0 Å². The van der Waals surface area contributed by atoms with Crippen LogP contribution in [0.2, 0.25) is 0 Å². The molecule has 2 aromatic carbocycles. The summed E-state index contributed by atoms with van der Waals surface area (Å²) in [6, 6.07) is 12.3. The number of fused-ring (bicyclic) bond motifs is 1. The van der Waals surface area contributed by atoms with Crippen molar-refractivity contribution in [2.45, 2.75) is 0 Å². The van der Waals surface area contributed by atoms with Crippen molar-refractivity contribution in [3.05, 3.63) is 77.2 Å². The minimum Gasteiger partial charge on any atom is -0.457 e. The molecule has 0 spiro atoms. The van der Waals surface area contributed by atoms with Gasteiger partial charge in [-0.25, -0.2) is 18.6 Å². The van der Waals surface area contributed by atoms with E-state index in [1.165, 1.54) is 12.1 Å². The lowest BCUT2D eigenvalue weighted by Gasteiger charge is -1.99. The molecule has 24 heavy (non-hydrogen) atoms. The SMILES string of the molecule is O=C1OC(c2ccc(F)c(F)c2)=N/C1=C/c1cc2ccccc2o1. The van der Waals surface area contributed by atoms with Crippen LogP contribution >= 0.6 is 0 Å². The molecule has 2 heterocycles. The molecule has 118 valence electrons. The highest BCUT2D eigenvalue weighted by Gasteiger charge is 2.25. The fraction of sp³-hybridized carbons (Fsp3) is 0. The summed E-state index contributed by atoms with van der Waals surface area (Å²) in [6.45, 7) is 0. The first-order valence-electron chi connectivity index (χ1n) is 7.07. The third kappa shape index (κ3) is 2.48. The summed E-state index contributed by atoms with van der Waals surface area (Å²) in [6.07, 6.45) is 1.44. The normalized spacial score (nSPS) is 15.8. The van der Waals surface area contributed by atoms with Crippen LogP contribution in [-0.2, 0) is 9.53 Å². The maximum Gasteiger partial charge on any atom is 0.363 e. The van der Waals surface area contributed by atoms with Gasteiger partial charge in [-0.1, -0.05) is 18.2 Å². The van der Waals surface area contributed by atoms with Gasteiger partial charge in [-0.2, -0.15) is 0 Å². The van der Waals surface area contributed by atoms with Gasteiger partial charge >= 0.3 is 5.97 Å². The van der Waals surface area contributed by atoms with Crippen molar-refractivity contribution < 1.29 is 22.7 Å². The average molecular weight is 325 g/mol. The summed E-state index contributed by atoms with van der Waals surface area (Å²) in [4.78, 5) is 15.9. The highest BCUT2D eigenvalue weighted by Crippen LogP contribution is 2.24. The molecule has 0 amide bonds. The van der Waals surface area contributed by atoms with Crippen molar-refractivity contribution in [2.24, 2.45) is 4.99 Å². The highest BCUT2D eigenvalue weighted by atomic mass is 19.2. The Morgan fingerprint density at radius 2 is 1.83 bits per heavy atom. The molecular formula is C18H9F2NO3. The first-order chi connectivity index (χ1) is 11.6. The van der Waals surface area contributed by atoms with E-state index in [0.717, 1.165) is 17.5 Å². The standard InChI is InChI=1S/C18H9F2NO3/c19-13-6-5-11(8-14(13)20)17-21-15(18(22)24-17)9-12-7-10-3-1-2-4-16(10)23-12/h1-9H/b15-9+. The predicted molar refractivity (Wildman–Crippen MR) is 83.2 cm³/mol. The van der Waals surface area contributed by atoms with Crippen LogP contribution in [-0.4, -0.2) is 11.9 Å². The van der Waals surface area contributed by atoms with Crippen LogP contribution in [0, 0.1) is 11.6 Å². The van der Waals surface area contributed by atoms with Gasteiger partial charge in [0.2, 0.25) is 5.90 Å². The topological polar surface area (TPSA) is 51.8 Å². The number of rotatable bonds is 2. The number of carbonyl (C=O) groups excluding carboxylic acids is 1. The molecule has 0 bridgehead atoms. The van der Waals surface area contributed by atoms with E-state index in [9.17, 15) is 13.6 Å². The summed E-state index contributed by atoms with van der Waals surface area (Å²) in [5, 5.41) is 0.889. The zero-order chi connectivity index (χ0) is 16.7. The fourth-order valence-electron chi connectivity index (χ4n) is 2.37. The number of furan rings is 1. The quantitative estimate of drug-likeness (QED) is 0.527. The number of para-hydroxylation sites is 1.